The van der Waals surface area contributed by atoms with E-state index in [4.69, 9.17) is 4.55 Å². The topological polar surface area (TPSA) is 98.2 Å². The van der Waals surface area contributed by atoms with Gasteiger partial charge in [-0.15, -0.1) is 0 Å². The number of aliphatic imine (C=N–C) groups is 1. The second-order valence-corrected chi connectivity index (χ2v) is 3.78. The summed E-state index contributed by atoms with van der Waals surface area (Å²) in [5.74, 6) is 0. The Morgan fingerprint density at radius 3 is 2.07 bits per heavy atom. The van der Waals surface area contributed by atoms with Crippen LogP contribution in [0.5, 0.6) is 0 Å². The van der Waals surface area contributed by atoms with Crippen molar-refractivity contribution in [3.63, 3.8) is 0 Å². The van der Waals surface area contributed by atoms with Gasteiger partial charge in [0, 0.05) is 0 Å². The van der Waals surface area contributed by atoms with Crippen molar-refractivity contribution in [2.24, 2.45) is 4.99 Å². The Morgan fingerprint density at radius 1 is 1.27 bits per heavy atom. The molecule has 0 fully saturated rings. The van der Waals surface area contributed by atoms with E-state index in [1.54, 1.807) is 0 Å². The summed E-state index contributed by atoms with van der Waals surface area (Å²) in [7, 11) is -4.12. The Balaban J connectivity index is 0. The minimum absolute atomic E-state index is 0. The number of rotatable bonds is 2. The molecular formula is C7H8NNaO4S2. The fourth-order valence-corrected chi connectivity index (χ4v) is 1.33. The zero-order chi connectivity index (χ0) is 9.90. The van der Waals surface area contributed by atoms with Crippen molar-refractivity contribution in [2.45, 2.75) is 4.90 Å². The second-order valence-electron chi connectivity index (χ2n) is 2.17. The van der Waals surface area contributed by atoms with E-state index in [1.807, 2.05) is 0 Å². The monoisotopic (exact) mass is 257 g/mol. The van der Waals surface area contributed by atoms with Gasteiger partial charge in [0.1, 0.15) is 0 Å². The number of benzene rings is 1. The fourth-order valence-electron chi connectivity index (χ4n) is 0.745. The van der Waals surface area contributed by atoms with E-state index in [-0.39, 0.29) is 39.9 Å². The summed E-state index contributed by atoms with van der Waals surface area (Å²) < 4.78 is 29.8. The summed E-state index contributed by atoms with van der Waals surface area (Å²) in [5, 5.41) is 2.14. The summed E-state index contributed by atoms with van der Waals surface area (Å²) in [6.45, 7) is 0. The molecule has 0 unspecified atom stereocenters. The first-order chi connectivity index (χ1) is 6.04. The van der Waals surface area contributed by atoms with Gasteiger partial charge in [0.15, 0.2) is 0 Å². The second kappa shape index (κ2) is 7.21. The van der Waals surface area contributed by atoms with Gasteiger partial charge in [0.05, 0.1) is 15.7 Å². The van der Waals surface area contributed by atoms with Crippen LogP contribution in [0.15, 0.2) is 34.2 Å². The van der Waals surface area contributed by atoms with Crippen LogP contribution in [-0.2, 0) is 10.1 Å². The number of hydrogen-bond acceptors (Lipinski definition) is 4. The molecule has 1 aromatic carbocycles. The molecule has 0 aliphatic carbocycles. The van der Waals surface area contributed by atoms with E-state index in [0.29, 0.717) is 5.69 Å². The van der Waals surface area contributed by atoms with Gasteiger partial charge in [-0.1, -0.05) is 0 Å². The molecule has 0 aliphatic rings. The van der Waals surface area contributed by atoms with Gasteiger partial charge in [0.25, 0.3) is 10.1 Å². The summed E-state index contributed by atoms with van der Waals surface area (Å²) in [6, 6.07) is 5.31. The van der Waals surface area contributed by atoms with E-state index in [0.717, 1.165) is 0 Å². The summed E-state index contributed by atoms with van der Waals surface area (Å²) in [6.07, 6.45) is 0. The molecule has 8 heteroatoms. The number of hydrogen-bond donors (Lipinski definition) is 1. The predicted molar refractivity (Wildman–Crippen MR) is 61.7 cm³/mol. The zero-order valence-electron chi connectivity index (χ0n) is 6.84. The van der Waals surface area contributed by atoms with Crippen molar-refractivity contribution >= 4 is 62.7 Å². The van der Waals surface area contributed by atoms with Crippen LogP contribution < -0.4 is 0 Å². The summed E-state index contributed by atoms with van der Waals surface area (Å²) >= 11 is 4.36. The molecular weight excluding hydrogens is 249 g/mol. The Labute approximate surface area is 115 Å². The maximum atomic E-state index is 10.6. The maximum absolute atomic E-state index is 10.6. The first-order valence-electron chi connectivity index (χ1n) is 3.19. The van der Waals surface area contributed by atoms with E-state index in [1.165, 1.54) is 24.3 Å². The van der Waals surface area contributed by atoms with Crippen LogP contribution in [0.25, 0.3) is 0 Å². The molecule has 1 rings (SSSR count). The van der Waals surface area contributed by atoms with E-state index >= 15 is 0 Å². The molecule has 15 heavy (non-hydrogen) atoms. The van der Waals surface area contributed by atoms with Gasteiger partial charge in [-0.2, -0.15) is 13.4 Å². The van der Waals surface area contributed by atoms with Crippen molar-refractivity contribution in [3.8, 4) is 0 Å². The van der Waals surface area contributed by atoms with Crippen LogP contribution in [0.4, 0.5) is 5.69 Å². The van der Waals surface area contributed by atoms with Crippen molar-refractivity contribution < 1.29 is 18.4 Å². The van der Waals surface area contributed by atoms with Gasteiger partial charge in [-0.25, -0.2) is 0 Å². The third kappa shape index (κ3) is 5.50. The third-order valence-electron chi connectivity index (χ3n) is 1.31. The standard InChI is InChI=1S/C7H5NO3S2.Na.H2O.H/c9-13(10,11)7-3-1-6(2-4-7)8-5-12;;;/h1-4H,(H,9,10,11);;1H2;. The molecule has 78 valence electrons. The van der Waals surface area contributed by atoms with Crippen molar-refractivity contribution in [1.29, 1.82) is 0 Å². The summed E-state index contributed by atoms with van der Waals surface area (Å²) in [4.78, 5) is 3.45. The van der Waals surface area contributed by atoms with Gasteiger partial charge in [-0.05, 0) is 36.5 Å². The van der Waals surface area contributed by atoms with Crippen molar-refractivity contribution in [2.75, 3.05) is 0 Å². The molecule has 5 nitrogen and oxygen atoms in total. The Kier molecular flexibility index (Phi) is 8.31. The SMILES string of the molecule is O.O=S(=O)(O)c1ccc(N=C=S)cc1.[NaH]. The molecule has 1 aromatic rings. The van der Waals surface area contributed by atoms with Crippen LogP contribution in [0.3, 0.4) is 0 Å². The molecule has 0 radical (unpaired) electrons. The van der Waals surface area contributed by atoms with Crippen LogP contribution in [0.2, 0.25) is 0 Å². The zero-order valence-corrected chi connectivity index (χ0v) is 8.47. The van der Waals surface area contributed by atoms with E-state index in [2.05, 4.69) is 22.4 Å². The molecule has 0 aromatic heterocycles. The molecule has 0 amide bonds. The average Bonchev–Trinajstić information content (AvgIpc) is 2.04. The molecule has 0 heterocycles. The summed E-state index contributed by atoms with van der Waals surface area (Å²) in [5.41, 5.74) is 0.488. The molecule has 0 saturated carbocycles. The molecule has 0 aliphatic heterocycles. The minimum atomic E-state index is -4.12. The molecule has 0 spiro atoms. The van der Waals surface area contributed by atoms with Crippen LogP contribution >= 0.6 is 12.2 Å². The quantitative estimate of drug-likeness (QED) is 0.354. The molecule has 0 atom stereocenters. The number of isothiocyanates is 1. The normalized spacial score (nSPS) is 9.13. The Morgan fingerprint density at radius 2 is 1.73 bits per heavy atom. The van der Waals surface area contributed by atoms with Crippen molar-refractivity contribution in [1.82, 2.24) is 0 Å². The number of nitrogens with zero attached hydrogens (tertiary/aromatic N) is 1. The molecule has 3 N–H and O–H groups in total. The van der Waals surface area contributed by atoms with E-state index in [9.17, 15) is 8.42 Å². The van der Waals surface area contributed by atoms with E-state index < -0.39 is 10.1 Å². The molecule has 0 saturated heterocycles. The Hall–Kier alpha value is -0.110. The van der Waals surface area contributed by atoms with Crippen molar-refractivity contribution in [3.05, 3.63) is 24.3 Å². The van der Waals surface area contributed by atoms with Crippen LogP contribution in [-0.4, -0.2) is 53.2 Å². The third-order valence-corrected chi connectivity index (χ3v) is 2.27. The van der Waals surface area contributed by atoms with Crippen LogP contribution in [0, 0.1) is 0 Å². The average molecular weight is 257 g/mol. The molecule has 0 bridgehead atoms. The van der Waals surface area contributed by atoms with Gasteiger partial charge in [0.2, 0.25) is 0 Å². The van der Waals surface area contributed by atoms with Crippen LogP contribution in [0.1, 0.15) is 0 Å². The van der Waals surface area contributed by atoms with Gasteiger partial charge < -0.3 is 5.48 Å². The predicted octanol–water partition coefficient (Wildman–Crippen LogP) is 0.194. The fraction of sp³-hybridized carbons (Fsp3) is 0. The number of thiocarbonyl (C=S) groups is 1. The van der Waals surface area contributed by atoms with Gasteiger partial charge >= 0.3 is 29.6 Å². The Bertz CT molecular complexity index is 450. The van der Waals surface area contributed by atoms with Gasteiger partial charge in [-0.3, -0.25) is 4.55 Å². The first-order valence-corrected chi connectivity index (χ1v) is 5.04. The first kappa shape index (κ1) is 17.3.